The summed E-state index contributed by atoms with van der Waals surface area (Å²) in [5.41, 5.74) is 8.04. The summed E-state index contributed by atoms with van der Waals surface area (Å²) in [4.78, 5) is 2.39. The zero-order valence-electron chi connectivity index (χ0n) is 10.9. The number of anilines is 1. The van der Waals surface area contributed by atoms with Gasteiger partial charge < -0.3 is 15.4 Å². The van der Waals surface area contributed by atoms with Crippen LogP contribution in [0.5, 0.6) is 0 Å². The molecule has 1 aromatic rings. The van der Waals surface area contributed by atoms with E-state index in [0.717, 1.165) is 37.4 Å². The predicted octanol–water partition coefficient (Wildman–Crippen LogP) is 0.802. The van der Waals surface area contributed by atoms with E-state index in [2.05, 4.69) is 16.9 Å². The molecular weight excluding hydrogens is 216 g/mol. The number of hydrogen-bond acceptors (Lipinski definition) is 4. The zero-order valence-corrected chi connectivity index (χ0v) is 10.9. The van der Waals surface area contributed by atoms with Crippen molar-refractivity contribution in [2.45, 2.75) is 32.9 Å². The zero-order chi connectivity index (χ0) is 12.4. The molecular formula is C12H22N4O. The molecule has 1 atom stereocenters. The molecule has 1 saturated heterocycles. The van der Waals surface area contributed by atoms with Gasteiger partial charge in [-0.25, -0.2) is 0 Å². The van der Waals surface area contributed by atoms with Crippen molar-refractivity contribution < 1.29 is 4.74 Å². The van der Waals surface area contributed by atoms with E-state index >= 15 is 0 Å². The first-order chi connectivity index (χ1) is 8.19. The topological polar surface area (TPSA) is 56.3 Å². The number of ether oxygens (including phenoxy) is 1. The molecule has 0 spiro atoms. The molecule has 0 aromatic carbocycles. The number of nitrogens with zero attached hydrogens (tertiary/aromatic N) is 3. The highest BCUT2D eigenvalue weighted by molar-refractivity contribution is 5.51. The van der Waals surface area contributed by atoms with Crippen molar-refractivity contribution in [2.75, 3.05) is 24.7 Å². The summed E-state index contributed by atoms with van der Waals surface area (Å²) in [6.45, 7) is 7.26. The molecule has 1 aromatic heterocycles. The first kappa shape index (κ1) is 12.4. The number of rotatable bonds is 3. The molecule has 2 N–H and O–H groups in total. The highest BCUT2D eigenvalue weighted by Gasteiger charge is 2.26. The third-order valence-electron chi connectivity index (χ3n) is 3.49. The Morgan fingerprint density at radius 2 is 2.29 bits per heavy atom. The molecule has 0 radical (unpaired) electrons. The fourth-order valence-electron chi connectivity index (χ4n) is 2.56. The molecule has 0 bridgehead atoms. The van der Waals surface area contributed by atoms with Gasteiger partial charge in [0.1, 0.15) is 5.82 Å². The van der Waals surface area contributed by atoms with E-state index in [1.165, 1.54) is 5.82 Å². The third-order valence-corrected chi connectivity index (χ3v) is 3.49. The fourth-order valence-corrected chi connectivity index (χ4v) is 2.56. The van der Waals surface area contributed by atoms with Crippen LogP contribution in [0.1, 0.15) is 24.6 Å². The van der Waals surface area contributed by atoms with Crippen molar-refractivity contribution in [3.05, 3.63) is 11.3 Å². The highest BCUT2D eigenvalue weighted by atomic mass is 16.5. The second-order valence-corrected chi connectivity index (χ2v) is 4.55. The van der Waals surface area contributed by atoms with E-state index in [4.69, 9.17) is 10.5 Å². The van der Waals surface area contributed by atoms with Gasteiger partial charge in [-0.2, -0.15) is 5.10 Å². The van der Waals surface area contributed by atoms with Crippen LogP contribution in [-0.2, 0) is 18.3 Å². The van der Waals surface area contributed by atoms with Gasteiger partial charge in [0.05, 0.1) is 24.9 Å². The molecule has 1 unspecified atom stereocenters. The van der Waals surface area contributed by atoms with Gasteiger partial charge in [-0.15, -0.1) is 0 Å². The summed E-state index contributed by atoms with van der Waals surface area (Å²) in [6, 6.07) is 0.434. The minimum absolute atomic E-state index is 0.434. The van der Waals surface area contributed by atoms with Gasteiger partial charge in [-0.1, -0.05) is 6.92 Å². The van der Waals surface area contributed by atoms with Crippen molar-refractivity contribution in [1.29, 1.82) is 0 Å². The first-order valence-electron chi connectivity index (χ1n) is 6.26. The van der Waals surface area contributed by atoms with Crippen LogP contribution in [0, 0.1) is 6.92 Å². The summed E-state index contributed by atoms with van der Waals surface area (Å²) in [5.74, 6) is 1.17. The van der Waals surface area contributed by atoms with Gasteiger partial charge in [-0.3, -0.25) is 4.68 Å². The molecule has 2 heterocycles. The van der Waals surface area contributed by atoms with Crippen LogP contribution in [0.2, 0.25) is 0 Å². The van der Waals surface area contributed by atoms with Crippen molar-refractivity contribution in [3.8, 4) is 0 Å². The Morgan fingerprint density at radius 1 is 1.53 bits per heavy atom. The van der Waals surface area contributed by atoms with E-state index in [0.29, 0.717) is 12.6 Å². The first-order valence-corrected chi connectivity index (χ1v) is 6.26. The lowest BCUT2D eigenvalue weighted by atomic mass is 10.1. The van der Waals surface area contributed by atoms with Crippen LogP contribution in [0.25, 0.3) is 0 Å². The average Bonchev–Trinajstić information content (AvgIpc) is 2.63. The normalized spacial score (nSPS) is 20.9. The SMILES string of the molecule is CCC1COCCN1c1c(CN)c(C)nn1C. The number of hydrogen-bond donors (Lipinski definition) is 1. The second kappa shape index (κ2) is 5.06. The second-order valence-electron chi connectivity index (χ2n) is 4.55. The summed E-state index contributed by atoms with van der Waals surface area (Å²) < 4.78 is 7.49. The van der Waals surface area contributed by atoms with Crippen LogP contribution in [0.4, 0.5) is 5.82 Å². The van der Waals surface area contributed by atoms with E-state index in [9.17, 15) is 0 Å². The van der Waals surface area contributed by atoms with Crippen LogP contribution in [-0.4, -0.2) is 35.6 Å². The number of aromatic nitrogens is 2. The predicted molar refractivity (Wildman–Crippen MR) is 68.1 cm³/mol. The summed E-state index contributed by atoms with van der Waals surface area (Å²) in [5, 5.41) is 4.48. The van der Waals surface area contributed by atoms with Gasteiger partial charge in [-0.05, 0) is 13.3 Å². The van der Waals surface area contributed by atoms with Crippen molar-refractivity contribution in [2.24, 2.45) is 12.8 Å². The van der Waals surface area contributed by atoms with Crippen molar-refractivity contribution in [1.82, 2.24) is 9.78 Å². The van der Waals surface area contributed by atoms with Crippen LogP contribution in [0.15, 0.2) is 0 Å². The smallest absolute Gasteiger partial charge is 0.131 e. The number of nitrogens with two attached hydrogens (primary N) is 1. The summed E-state index contributed by atoms with van der Waals surface area (Å²) in [6.07, 6.45) is 1.08. The maximum Gasteiger partial charge on any atom is 0.131 e. The minimum atomic E-state index is 0.434. The van der Waals surface area contributed by atoms with E-state index < -0.39 is 0 Å². The van der Waals surface area contributed by atoms with E-state index in [1.54, 1.807) is 0 Å². The van der Waals surface area contributed by atoms with Gasteiger partial charge >= 0.3 is 0 Å². The van der Waals surface area contributed by atoms with Crippen LogP contribution >= 0.6 is 0 Å². The van der Waals surface area contributed by atoms with E-state index in [-0.39, 0.29) is 0 Å². The van der Waals surface area contributed by atoms with Gasteiger partial charge in [0.25, 0.3) is 0 Å². The highest BCUT2D eigenvalue weighted by Crippen LogP contribution is 2.26. The average molecular weight is 238 g/mol. The molecule has 5 heteroatoms. The monoisotopic (exact) mass is 238 g/mol. The largest absolute Gasteiger partial charge is 0.377 e. The van der Waals surface area contributed by atoms with Crippen molar-refractivity contribution in [3.63, 3.8) is 0 Å². The maximum absolute atomic E-state index is 5.85. The number of morpholine rings is 1. The maximum atomic E-state index is 5.85. The Labute approximate surface area is 103 Å². The molecule has 1 aliphatic heterocycles. The lowest BCUT2D eigenvalue weighted by molar-refractivity contribution is 0.0921. The van der Waals surface area contributed by atoms with Crippen LogP contribution in [0.3, 0.4) is 0 Å². The van der Waals surface area contributed by atoms with Crippen molar-refractivity contribution >= 4 is 5.82 Å². The Bertz CT molecular complexity index is 388. The quantitative estimate of drug-likeness (QED) is 0.846. The summed E-state index contributed by atoms with van der Waals surface area (Å²) in [7, 11) is 1.99. The standard InChI is InChI=1S/C12H22N4O/c1-4-10-8-17-6-5-16(10)12-11(7-13)9(2)14-15(12)3/h10H,4-8,13H2,1-3H3. The van der Waals surface area contributed by atoms with Gasteiger partial charge in [0, 0.05) is 25.7 Å². The number of aryl methyl sites for hydroxylation is 2. The lowest BCUT2D eigenvalue weighted by Crippen LogP contribution is -2.46. The van der Waals surface area contributed by atoms with Gasteiger partial charge in [0.2, 0.25) is 0 Å². The molecule has 5 nitrogen and oxygen atoms in total. The third kappa shape index (κ3) is 2.17. The molecule has 0 aliphatic carbocycles. The van der Waals surface area contributed by atoms with Gasteiger partial charge in [0.15, 0.2) is 0 Å². The minimum Gasteiger partial charge on any atom is -0.377 e. The molecule has 96 valence electrons. The van der Waals surface area contributed by atoms with Crippen LogP contribution < -0.4 is 10.6 Å². The Hall–Kier alpha value is -1.07. The molecule has 1 fully saturated rings. The molecule has 1 aliphatic rings. The fraction of sp³-hybridized carbons (Fsp3) is 0.750. The molecule has 0 amide bonds. The Morgan fingerprint density at radius 3 is 2.94 bits per heavy atom. The molecule has 2 rings (SSSR count). The molecule has 0 saturated carbocycles. The molecule has 17 heavy (non-hydrogen) atoms. The van der Waals surface area contributed by atoms with E-state index in [1.807, 2.05) is 18.7 Å². The Kier molecular flexibility index (Phi) is 3.69. The summed E-state index contributed by atoms with van der Waals surface area (Å²) >= 11 is 0. The lowest BCUT2D eigenvalue weighted by Gasteiger charge is -2.37. The Balaban J connectivity index is 2.37.